The Hall–Kier alpha value is -1.22. The van der Waals surface area contributed by atoms with Crippen molar-refractivity contribution in [2.24, 2.45) is 5.92 Å². The summed E-state index contributed by atoms with van der Waals surface area (Å²) < 4.78 is 31.6. The summed E-state index contributed by atoms with van der Waals surface area (Å²) in [6, 6.07) is 3.26. The van der Waals surface area contributed by atoms with Crippen molar-refractivity contribution in [3.63, 3.8) is 0 Å². The third kappa shape index (κ3) is 5.58. The number of halogens is 1. The van der Waals surface area contributed by atoms with Gasteiger partial charge in [-0.2, -0.15) is 0 Å². The summed E-state index contributed by atoms with van der Waals surface area (Å²) in [5, 5.41) is 10.6. The fraction of sp³-hybridized carbons (Fsp3) is 0.500. The van der Waals surface area contributed by atoms with Crippen molar-refractivity contribution in [3.8, 4) is 0 Å². The van der Waals surface area contributed by atoms with Crippen molar-refractivity contribution in [2.75, 3.05) is 19.8 Å². The van der Waals surface area contributed by atoms with Gasteiger partial charge in [-0.15, -0.1) is 0 Å². The molecule has 9 heteroatoms. The van der Waals surface area contributed by atoms with E-state index in [0.717, 1.165) is 12.1 Å². The molecule has 1 rings (SSSR count). The van der Waals surface area contributed by atoms with E-state index < -0.39 is 14.9 Å². The molecule has 0 unspecified atom stereocenters. The number of hydrogen-bond acceptors (Lipinski definition) is 5. The Kier molecular flexibility index (Phi) is 6.53. The average Bonchev–Trinajstić information content (AvgIpc) is 2.37. The topological polar surface area (TPSA) is 98.5 Å². The molecule has 0 bridgehead atoms. The predicted molar refractivity (Wildman–Crippen MR) is 79.0 cm³/mol. The number of nitrogens with zero attached hydrogens (tertiary/aromatic N) is 1. The number of hydrogen-bond donors (Lipinski definition) is 1. The van der Waals surface area contributed by atoms with Crippen LogP contribution in [0.4, 0.5) is 5.69 Å². The highest BCUT2D eigenvalue weighted by Gasteiger charge is 2.21. The van der Waals surface area contributed by atoms with E-state index in [9.17, 15) is 18.5 Å². The first-order valence-corrected chi connectivity index (χ1v) is 8.11. The second kappa shape index (κ2) is 7.69. The molecule has 0 spiro atoms. The lowest BCUT2D eigenvalue weighted by atomic mass is 10.2. The van der Waals surface area contributed by atoms with Crippen molar-refractivity contribution in [3.05, 3.63) is 33.3 Å². The molecule has 0 amide bonds. The van der Waals surface area contributed by atoms with Crippen molar-refractivity contribution >= 4 is 27.3 Å². The van der Waals surface area contributed by atoms with Crippen molar-refractivity contribution in [1.82, 2.24) is 4.72 Å². The summed E-state index contributed by atoms with van der Waals surface area (Å²) >= 11 is 5.79. The number of nitrogens with one attached hydrogen (secondary N) is 1. The van der Waals surface area contributed by atoms with E-state index in [2.05, 4.69) is 4.72 Å². The number of ether oxygens (including phenoxy) is 1. The highest BCUT2D eigenvalue weighted by Crippen LogP contribution is 2.25. The second-order valence-electron chi connectivity index (χ2n) is 4.74. The van der Waals surface area contributed by atoms with Gasteiger partial charge in [0.1, 0.15) is 4.90 Å². The molecule has 1 aromatic rings. The first-order valence-electron chi connectivity index (χ1n) is 6.25. The lowest BCUT2D eigenvalue weighted by molar-refractivity contribution is -0.385. The van der Waals surface area contributed by atoms with Gasteiger partial charge in [0.25, 0.3) is 5.69 Å². The molecule has 118 valence electrons. The zero-order valence-corrected chi connectivity index (χ0v) is 13.3. The van der Waals surface area contributed by atoms with E-state index in [4.69, 9.17) is 16.3 Å². The molecule has 1 aromatic carbocycles. The molecule has 0 aromatic heterocycles. The number of nitro groups is 1. The second-order valence-corrected chi connectivity index (χ2v) is 6.88. The molecular weight excluding hydrogens is 320 g/mol. The maximum Gasteiger partial charge on any atom is 0.270 e. The molecule has 0 heterocycles. The van der Waals surface area contributed by atoms with Crippen LogP contribution in [0.5, 0.6) is 0 Å². The monoisotopic (exact) mass is 336 g/mol. The molecule has 0 saturated heterocycles. The highest BCUT2D eigenvalue weighted by molar-refractivity contribution is 7.89. The Labute approximate surface area is 128 Å². The minimum absolute atomic E-state index is 0.0636. The molecule has 0 radical (unpaired) electrons. The van der Waals surface area contributed by atoms with E-state index >= 15 is 0 Å². The predicted octanol–water partition coefficient (Wildman–Crippen LogP) is 2.20. The van der Waals surface area contributed by atoms with Gasteiger partial charge >= 0.3 is 0 Å². The Morgan fingerprint density at radius 3 is 2.67 bits per heavy atom. The minimum atomic E-state index is -3.91. The van der Waals surface area contributed by atoms with Gasteiger partial charge in [-0.25, -0.2) is 13.1 Å². The Morgan fingerprint density at radius 2 is 2.10 bits per heavy atom. The number of non-ortho nitro benzene ring substituents is 1. The Bertz CT molecular complexity index is 604. The molecule has 7 nitrogen and oxygen atoms in total. The van der Waals surface area contributed by atoms with Crippen LogP contribution < -0.4 is 4.72 Å². The summed E-state index contributed by atoms with van der Waals surface area (Å²) in [6.45, 7) is 4.76. The zero-order valence-electron chi connectivity index (χ0n) is 11.7. The third-order valence-corrected chi connectivity index (χ3v) is 4.35. The van der Waals surface area contributed by atoms with E-state index in [1.165, 1.54) is 6.07 Å². The fourth-order valence-electron chi connectivity index (χ4n) is 1.46. The van der Waals surface area contributed by atoms with Gasteiger partial charge in [0.15, 0.2) is 0 Å². The number of nitro benzene ring substituents is 1. The molecule has 0 aliphatic rings. The SMILES string of the molecule is CC(C)COCCNS(=O)(=O)c1cc([N+](=O)[O-])ccc1Cl. The first-order chi connectivity index (χ1) is 9.74. The van der Waals surface area contributed by atoms with Gasteiger partial charge in [0.05, 0.1) is 16.6 Å². The van der Waals surface area contributed by atoms with Crippen LogP contribution in [-0.4, -0.2) is 33.1 Å². The lowest BCUT2D eigenvalue weighted by Gasteiger charge is -2.09. The molecule has 21 heavy (non-hydrogen) atoms. The van der Waals surface area contributed by atoms with Gasteiger partial charge in [0.2, 0.25) is 10.0 Å². The summed E-state index contributed by atoms with van der Waals surface area (Å²) in [4.78, 5) is 9.68. The lowest BCUT2D eigenvalue weighted by Crippen LogP contribution is -2.28. The quantitative estimate of drug-likeness (QED) is 0.445. The number of sulfonamides is 1. The third-order valence-electron chi connectivity index (χ3n) is 2.40. The van der Waals surface area contributed by atoms with Crippen LogP contribution in [-0.2, 0) is 14.8 Å². The highest BCUT2D eigenvalue weighted by atomic mass is 35.5. The van der Waals surface area contributed by atoms with Crippen LogP contribution in [0.15, 0.2) is 23.1 Å². The van der Waals surface area contributed by atoms with Crippen LogP contribution in [0.2, 0.25) is 5.02 Å². The zero-order chi connectivity index (χ0) is 16.0. The van der Waals surface area contributed by atoms with E-state index in [1.807, 2.05) is 13.8 Å². The van der Waals surface area contributed by atoms with Crippen LogP contribution in [0.25, 0.3) is 0 Å². The fourth-order valence-corrected chi connectivity index (χ4v) is 2.99. The molecule has 0 atom stereocenters. The summed E-state index contributed by atoms with van der Waals surface area (Å²) in [6.07, 6.45) is 0. The normalized spacial score (nSPS) is 11.8. The smallest absolute Gasteiger partial charge is 0.270 e. The molecule has 0 saturated carbocycles. The minimum Gasteiger partial charge on any atom is -0.380 e. The van der Waals surface area contributed by atoms with Crippen molar-refractivity contribution in [1.29, 1.82) is 0 Å². The molecule has 0 fully saturated rings. The number of benzene rings is 1. The van der Waals surface area contributed by atoms with E-state index in [0.29, 0.717) is 12.5 Å². The molecule has 0 aliphatic heterocycles. The average molecular weight is 337 g/mol. The standard InChI is InChI=1S/C12H17ClN2O5S/c1-9(2)8-20-6-5-14-21(18,19)12-7-10(15(16)17)3-4-11(12)13/h3-4,7,9,14H,5-6,8H2,1-2H3. The van der Waals surface area contributed by atoms with Gasteiger partial charge in [-0.05, 0) is 12.0 Å². The maximum atomic E-state index is 12.1. The van der Waals surface area contributed by atoms with Gasteiger partial charge in [0, 0.05) is 25.3 Å². The Morgan fingerprint density at radius 1 is 1.43 bits per heavy atom. The van der Waals surface area contributed by atoms with E-state index in [1.54, 1.807) is 0 Å². The number of rotatable bonds is 8. The summed E-state index contributed by atoms with van der Waals surface area (Å²) in [5.74, 6) is 0.354. The first kappa shape index (κ1) is 17.8. The van der Waals surface area contributed by atoms with Crippen LogP contribution in [0, 0.1) is 16.0 Å². The van der Waals surface area contributed by atoms with Crippen LogP contribution in [0.3, 0.4) is 0 Å². The van der Waals surface area contributed by atoms with Crippen LogP contribution >= 0.6 is 11.6 Å². The van der Waals surface area contributed by atoms with Gasteiger partial charge < -0.3 is 4.74 Å². The van der Waals surface area contributed by atoms with Gasteiger partial charge in [-0.1, -0.05) is 25.4 Å². The Balaban J connectivity index is 2.74. The van der Waals surface area contributed by atoms with Crippen molar-refractivity contribution in [2.45, 2.75) is 18.7 Å². The van der Waals surface area contributed by atoms with Crippen LogP contribution in [0.1, 0.15) is 13.8 Å². The maximum absolute atomic E-state index is 12.1. The van der Waals surface area contributed by atoms with Gasteiger partial charge in [-0.3, -0.25) is 10.1 Å². The van der Waals surface area contributed by atoms with E-state index in [-0.39, 0.29) is 28.8 Å². The molecular formula is C12H17ClN2O5S. The molecule has 1 N–H and O–H groups in total. The molecule has 0 aliphatic carbocycles. The summed E-state index contributed by atoms with van der Waals surface area (Å²) in [7, 11) is -3.91. The van der Waals surface area contributed by atoms with Crippen molar-refractivity contribution < 1.29 is 18.1 Å². The largest absolute Gasteiger partial charge is 0.380 e. The summed E-state index contributed by atoms with van der Waals surface area (Å²) in [5.41, 5.74) is -0.337.